The third kappa shape index (κ3) is 4.49. The fraction of sp³-hybridized carbons (Fsp3) is 0.360. The number of nitrogens with one attached hydrogen (secondary N) is 1. The van der Waals surface area contributed by atoms with Gasteiger partial charge < -0.3 is 25.1 Å². The number of aromatic nitrogens is 2. The first kappa shape index (κ1) is 23.7. The lowest BCUT2D eigenvalue weighted by atomic mass is 10.2. The molecule has 0 bridgehead atoms. The third-order valence-electron chi connectivity index (χ3n) is 6.68. The number of hydrogen-bond acceptors (Lipinski definition) is 7. The summed E-state index contributed by atoms with van der Waals surface area (Å²) in [4.78, 5) is 49.0. The number of nitrogens with zero attached hydrogens (tertiary/aromatic N) is 5. The molecule has 2 amide bonds. The highest BCUT2D eigenvalue weighted by molar-refractivity contribution is 6.00. The molecule has 0 aliphatic carbocycles. The lowest BCUT2D eigenvalue weighted by molar-refractivity contribution is -0.117. The second kappa shape index (κ2) is 9.57. The zero-order valence-electron chi connectivity index (χ0n) is 19.9. The summed E-state index contributed by atoms with van der Waals surface area (Å²) in [5.41, 5.74) is 0.707. The summed E-state index contributed by atoms with van der Waals surface area (Å²) in [7, 11) is 2.04. The molecule has 0 saturated carbocycles. The van der Waals surface area contributed by atoms with Crippen molar-refractivity contribution in [1.29, 1.82) is 0 Å². The number of benzene rings is 1. The number of fused-ring (bicyclic) bond motifs is 1. The number of likely N-dealkylation sites (N-methyl/N-ethyl adjacent to an activating group) is 1. The van der Waals surface area contributed by atoms with Gasteiger partial charge in [-0.2, -0.15) is 0 Å². The molecule has 10 nitrogen and oxygen atoms in total. The minimum atomic E-state index is -0.796. The predicted molar refractivity (Wildman–Crippen MR) is 132 cm³/mol. The van der Waals surface area contributed by atoms with Crippen molar-refractivity contribution in [1.82, 2.24) is 19.6 Å². The minimum Gasteiger partial charge on any atom is -0.501 e. The number of amides is 2. The first-order chi connectivity index (χ1) is 17.3. The molecule has 188 valence electrons. The van der Waals surface area contributed by atoms with Gasteiger partial charge in [-0.25, -0.2) is 9.37 Å². The summed E-state index contributed by atoms with van der Waals surface area (Å²) in [6, 6.07) is 7.42. The van der Waals surface area contributed by atoms with E-state index in [4.69, 9.17) is 0 Å². The van der Waals surface area contributed by atoms with Gasteiger partial charge in [-0.3, -0.25) is 18.8 Å². The van der Waals surface area contributed by atoms with Gasteiger partial charge in [-0.05, 0) is 37.2 Å². The van der Waals surface area contributed by atoms with Crippen molar-refractivity contribution in [3.63, 3.8) is 0 Å². The van der Waals surface area contributed by atoms with Gasteiger partial charge in [-0.1, -0.05) is 12.1 Å². The molecule has 0 unspecified atom stereocenters. The van der Waals surface area contributed by atoms with Crippen LogP contribution in [0.5, 0.6) is 5.75 Å². The summed E-state index contributed by atoms with van der Waals surface area (Å²) >= 11 is 0. The average molecular weight is 495 g/mol. The Labute approximate surface area is 206 Å². The number of hydrogen-bond donors (Lipinski definition) is 2. The second-order valence-electron chi connectivity index (χ2n) is 9.14. The van der Waals surface area contributed by atoms with E-state index < -0.39 is 28.7 Å². The van der Waals surface area contributed by atoms with E-state index in [1.807, 2.05) is 13.1 Å². The fourth-order valence-corrected chi connectivity index (χ4v) is 4.56. The molecule has 5 rings (SSSR count). The van der Waals surface area contributed by atoms with Crippen molar-refractivity contribution in [3.05, 3.63) is 64.0 Å². The Morgan fingerprint density at radius 3 is 2.50 bits per heavy atom. The Hall–Kier alpha value is -3.99. The largest absolute Gasteiger partial charge is 0.501 e. The molecule has 0 spiro atoms. The van der Waals surface area contributed by atoms with E-state index >= 15 is 0 Å². The molecule has 0 radical (unpaired) electrons. The predicted octanol–water partition coefficient (Wildman–Crippen LogP) is 1.35. The zero-order chi connectivity index (χ0) is 25.4. The van der Waals surface area contributed by atoms with Crippen LogP contribution in [0.3, 0.4) is 0 Å². The SMILES string of the molecule is CN1CCN(c2cc(N3CCCC3=O)c3nc(C(=O)NCc4ccc(F)cc4)c(O)c(=O)n3c2)CC1. The molecule has 2 aromatic heterocycles. The summed E-state index contributed by atoms with van der Waals surface area (Å²) in [6.45, 7) is 3.72. The highest BCUT2D eigenvalue weighted by Crippen LogP contribution is 2.31. The Bertz CT molecular complexity index is 1380. The van der Waals surface area contributed by atoms with Crippen LogP contribution < -0.4 is 20.7 Å². The van der Waals surface area contributed by atoms with Gasteiger partial charge in [0.1, 0.15) is 5.82 Å². The van der Waals surface area contributed by atoms with Gasteiger partial charge in [0.15, 0.2) is 11.3 Å². The topological polar surface area (TPSA) is 110 Å². The van der Waals surface area contributed by atoms with Crippen LogP contribution in [-0.4, -0.2) is 71.0 Å². The van der Waals surface area contributed by atoms with Gasteiger partial charge in [0.25, 0.3) is 5.91 Å². The summed E-state index contributed by atoms with van der Waals surface area (Å²) < 4.78 is 14.4. The number of carbonyl (C=O) groups is 2. The molecule has 0 atom stereocenters. The maximum Gasteiger partial charge on any atom is 0.301 e. The van der Waals surface area contributed by atoms with Crippen LogP contribution in [0.4, 0.5) is 15.8 Å². The van der Waals surface area contributed by atoms with Crippen molar-refractivity contribution >= 4 is 28.8 Å². The molecule has 2 aliphatic rings. The van der Waals surface area contributed by atoms with Gasteiger partial charge >= 0.3 is 5.56 Å². The minimum absolute atomic E-state index is 0.0550. The van der Waals surface area contributed by atoms with Gasteiger partial charge in [0.2, 0.25) is 11.7 Å². The molecule has 11 heteroatoms. The molecule has 2 fully saturated rings. The van der Waals surface area contributed by atoms with Crippen LogP contribution in [-0.2, 0) is 11.3 Å². The molecular weight excluding hydrogens is 467 g/mol. The van der Waals surface area contributed by atoms with E-state index in [2.05, 4.69) is 20.1 Å². The number of anilines is 2. The first-order valence-electron chi connectivity index (χ1n) is 11.9. The fourth-order valence-electron chi connectivity index (χ4n) is 4.56. The Morgan fingerprint density at radius 1 is 1.11 bits per heavy atom. The van der Waals surface area contributed by atoms with Crippen LogP contribution in [0.1, 0.15) is 28.9 Å². The lowest BCUT2D eigenvalue weighted by Crippen LogP contribution is -2.44. The van der Waals surface area contributed by atoms with E-state index in [-0.39, 0.29) is 18.1 Å². The molecule has 2 N–H and O–H groups in total. The number of rotatable bonds is 5. The maximum atomic E-state index is 13.2. The Kier molecular flexibility index (Phi) is 6.31. The quantitative estimate of drug-likeness (QED) is 0.551. The van der Waals surface area contributed by atoms with Crippen LogP contribution in [0, 0.1) is 5.82 Å². The maximum absolute atomic E-state index is 13.2. The van der Waals surface area contributed by atoms with Crippen molar-refractivity contribution in [3.8, 4) is 5.75 Å². The zero-order valence-corrected chi connectivity index (χ0v) is 19.9. The standard InChI is InChI=1S/C25H27FN6O4/c1-29-9-11-30(12-10-29)18-13-19(31-8-2-3-20(31)33)23-28-21(22(34)25(36)32(23)15-18)24(35)27-14-16-4-6-17(26)7-5-16/h4-7,13,15,34H,2-3,8-12,14H2,1H3,(H,27,35). The van der Waals surface area contributed by atoms with E-state index in [9.17, 15) is 23.9 Å². The van der Waals surface area contributed by atoms with E-state index in [0.29, 0.717) is 30.6 Å². The monoisotopic (exact) mass is 494 g/mol. The Balaban J connectivity index is 1.55. The number of aromatic hydroxyl groups is 1. The average Bonchev–Trinajstić information content (AvgIpc) is 3.31. The third-order valence-corrected chi connectivity index (χ3v) is 6.68. The highest BCUT2D eigenvalue weighted by atomic mass is 19.1. The molecule has 3 aromatic rings. The molecule has 4 heterocycles. The van der Waals surface area contributed by atoms with Gasteiger partial charge in [0, 0.05) is 51.9 Å². The van der Waals surface area contributed by atoms with Crippen LogP contribution in [0.2, 0.25) is 0 Å². The van der Waals surface area contributed by atoms with Gasteiger partial charge in [-0.15, -0.1) is 0 Å². The van der Waals surface area contributed by atoms with Crippen molar-refractivity contribution in [2.75, 3.05) is 49.6 Å². The Morgan fingerprint density at radius 2 is 1.83 bits per heavy atom. The molecule has 2 aliphatic heterocycles. The number of carbonyl (C=O) groups excluding carboxylic acids is 2. The van der Waals surface area contributed by atoms with Crippen LogP contribution in [0.25, 0.3) is 5.65 Å². The summed E-state index contributed by atoms with van der Waals surface area (Å²) in [5, 5.41) is 13.2. The lowest BCUT2D eigenvalue weighted by Gasteiger charge is -2.34. The summed E-state index contributed by atoms with van der Waals surface area (Å²) in [6.07, 6.45) is 2.66. The number of halogens is 1. The normalized spacial score (nSPS) is 16.7. The van der Waals surface area contributed by atoms with Gasteiger partial charge in [0.05, 0.1) is 11.4 Å². The van der Waals surface area contributed by atoms with Crippen molar-refractivity contribution in [2.45, 2.75) is 19.4 Å². The smallest absolute Gasteiger partial charge is 0.301 e. The molecular formula is C25H27FN6O4. The van der Waals surface area contributed by atoms with Crippen molar-refractivity contribution in [2.24, 2.45) is 0 Å². The second-order valence-corrected chi connectivity index (χ2v) is 9.14. The van der Waals surface area contributed by atoms with Crippen molar-refractivity contribution < 1.29 is 19.1 Å². The number of pyridine rings is 1. The molecule has 36 heavy (non-hydrogen) atoms. The highest BCUT2D eigenvalue weighted by Gasteiger charge is 2.28. The van der Waals surface area contributed by atoms with E-state index in [1.165, 1.54) is 28.7 Å². The van der Waals surface area contributed by atoms with Crippen LogP contribution >= 0.6 is 0 Å². The van der Waals surface area contributed by atoms with Crippen LogP contribution in [0.15, 0.2) is 41.3 Å². The first-order valence-corrected chi connectivity index (χ1v) is 11.9. The van der Waals surface area contributed by atoms with E-state index in [1.54, 1.807) is 11.1 Å². The molecule has 2 saturated heterocycles. The van der Waals surface area contributed by atoms with E-state index in [0.717, 1.165) is 31.9 Å². The number of piperazine rings is 1. The molecule has 1 aromatic carbocycles. The summed E-state index contributed by atoms with van der Waals surface area (Å²) in [5.74, 6) is -2.01.